The molecule has 1 saturated heterocycles. The summed E-state index contributed by atoms with van der Waals surface area (Å²) < 4.78 is 11.6. The molecule has 0 bridgehead atoms. The van der Waals surface area contributed by atoms with E-state index in [0.717, 1.165) is 38.9 Å². The maximum absolute atomic E-state index is 5.91. The van der Waals surface area contributed by atoms with Gasteiger partial charge in [0.05, 0.1) is 6.61 Å². The highest BCUT2D eigenvalue weighted by Crippen LogP contribution is 2.24. The first kappa shape index (κ1) is 20.2. The van der Waals surface area contributed by atoms with E-state index in [1.54, 1.807) is 5.57 Å². The van der Waals surface area contributed by atoms with Crippen LogP contribution in [-0.4, -0.2) is 19.5 Å². The molecule has 2 nitrogen and oxygen atoms in total. The average Bonchev–Trinajstić information content (AvgIpc) is 2.58. The summed E-state index contributed by atoms with van der Waals surface area (Å²) in [6.07, 6.45) is 16.9. The number of ether oxygens (including phenoxy) is 2. The smallest absolute Gasteiger partial charge is 0.157 e. The minimum atomic E-state index is 0.0149. The van der Waals surface area contributed by atoms with E-state index in [1.165, 1.54) is 50.5 Å². The van der Waals surface area contributed by atoms with Crippen LogP contribution in [0.25, 0.3) is 0 Å². The first-order valence-electron chi connectivity index (χ1n) is 9.46. The van der Waals surface area contributed by atoms with Crippen LogP contribution in [0.1, 0.15) is 77.6 Å². The zero-order chi connectivity index (χ0) is 16.8. The van der Waals surface area contributed by atoms with Gasteiger partial charge in [-0.1, -0.05) is 49.5 Å². The molecule has 1 aliphatic heterocycles. The molecule has 0 spiro atoms. The van der Waals surface area contributed by atoms with Crippen LogP contribution >= 0.6 is 0 Å². The van der Waals surface area contributed by atoms with E-state index < -0.39 is 0 Å². The predicted molar refractivity (Wildman–Crippen MR) is 99.6 cm³/mol. The molecule has 0 aromatic carbocycles. The van der Waals surface area contributed by atoms with Gasteiger partial charge in [0.25, 0.3) is 0 Å². The largest absolute Gasteiger partial charge is 0.353 e. The van der Waals surface area contributed by atoms with Gasteiger partial charge < -0.3 is 9.47 Å². The van der Waals surface area contributed by atoms with E-state index in [4.69, 9.17) is 9.47 Å². The third-order valence-corrected chi connectivity index (χ3v) is 4.46. The molecule has 0 radical (unpaired) electrons. The molecule has 0 aliphatic carbocycles. The third-order valence-electron chi connectivity index (χ3n) is 4.46. The van der Waals surface area contributed by atoms with Crippen LogP contribution in [0, 0.1) is 0 Å². The van der Waals surface area contributed by atoms with E-state index in [-0.39, 0.29) is 6.29 Å². The number of hydrogen-bond donors (Lipinski definition) is 0. The minimum Gasteiger partial charge on any atom is -0.353 e. The van der Waals surface area contributed by atoms with Gasteiger partial charge in [-0.15, -0.1) is 13.2 Å². The second-order valence-corrected chi connectivity index (χ2v) is 6.42. The maximum atomic E-state index is 5.91. The quantitative estimate of drug-likeness (QED) is 0.291. The molecule has 1 unspecified atom stereocenters. The van der Waals surface area contributed by atoms with E-state index in [9.17, 15) is 0 Å². The van der Waals surface area contributed by atoms with Gasteiger partial charge in [0.15, 0.2) is 6.29 Å². The van der Waals surface area contributed by atoms with Crippen LogP contribution in [0.5, 0.6) is 0 Å². The summed E-state index contributed by atoms with van der Waals surface area (Å²) in [7, 11) is 0. The molecule has 2 heteroatoms. The molecule has 23 heavy (non-hydrogen) atoms. The van der Waals surface area contributed by atoms with Crippen molar-refractivity contribution in [1.29, 1.82) is 0 Å². The van der Waals surface area contributed by atoms with Crippen molar-refractivity contribution in [3.8, 4) is 0 Å². The third kappa shape index (κ3) is 9.12. The Hall–Kier alpha value is -0.860. The zero-order valence-corrected chi connectivity index (χ0v) is 15.2. The molecule has 1 heterocycles. The Labute approximate surface area is 143 Å². The fourth-order valence-electron chi connectivity index (χ4n) is 3.12. The molecule has 0 saturated carbocycles. The van der Waals surface area contributed by atoms with Crippen LogP contribution in [0.15, 0.2) is 36.5 Å². The zero-order valence-electron chi connectivity index (χ0n) is 15.2. The van der Waals surface area contributed by atoms with Crippen molar-refractivity contribution in [1.82, 2.24) is 0 Å². The SMILES string of the molecule is C=CC/C(CCCCCC)=C(/CC=C)CCOC1CCCCO1. The summed E-state index contributed by atoms with van der Waals surface area (Å²) in [6, 6.07) is 0. The Balaban J connectivity index is 2.49. The Morgan fingerprint density at radius 3 is 2.39 bits per heavy atom. The first-order chi connectivity index (χ1) is 11.3. The Kier molecular flexibility index (Phi) is 11.9. The highest BCUT2D eigenvalue weighted by Gasteiger charge is 2.14. The second kappa shape index (κ2) is 13.6. The molecule has 0 N–H and O–H groups in total. The molecule has 1 atom stereocenters. The molecule has 0 aromatic rings. The second-order valence-electron chi connectivity index (χ2n) is 6.42. The Morgan fingerprint density at radius 2 is 1.78 bits per heavy atom. The normalized spacial score (nSPS) is 19.3. The van der Waals surface area contributed by atoms with Crippen LogP contribution in [-0.2, 0) is 9.47 Å². The molecule has 0 aromatic heterocycles. The van der Waals surface area contributed by atoms with Crippen molar-refractivity contribution < 1.29 is 9.47 Å². The number of hydrogen-bond acceptors (Lipinski definition) is 2. The fourth-order valence-corrected chi connectivity index (χ4v) is 3.12. The van der Waals surface area contributed by atoms with Crippen molar-refractivity contribution in [2.45, 2.75) is 83.8 Å². The van der Waals surface area contributed by atoms with Crippen molar-refractivity contribution in [2.75, 3.05) is 13.2 Å². The molecule has 0 amide bonds. The van der Waals surface area contributed by atoms with E-state index in [2.05, 4.69) is 20.1 Å². The summed E-state index contributed by atoms with van der Waals surface area (Å²) in [5.74, 6) is 0. The molecular weight excluding hydrogens is 284 g/mol. The van der Waals surface area contributed by atoms with Gasteiger partial charge in [-0.05, 0) is 51.4 Å². The lowest BCUT2D eigenvalue weighted by atomic mass is 9.94. The van der Waals surface area contributed by atoms with E-state index in [0.29, 0.717) is 0 Å². The molecule has 1 aliphatic rings. The summed E-state index contributed by atoms with van der Waals surface area (Å²) >= 11 is 0. The Morgan fingerprint density at radius 1 is 1.04 bits per heavy atom. The van der Waals surface area contributed by atoms with Gasteiger partial charge in [0, 0.05) is 6.61 Å². The topological polar surface area (TPSA) is 18.5 Å². The predicted octanol–water partition coefficient (Wildman–Crippen LogP) is 6.34. The lowest BCUT2D eigenvalue weighted by Gasteiger charge is -2.23. The highest BCUT2D eigenvalue weighted by molar-refractivity contribution is 5.19. The monoisotopic (exact) mass is 320 g/mol. The standard InChI is InChI=1S/C21H36O2/c1-4-7-8-9-14-19(12-5-2)20(13-6-3)16-18-23-21-15-10-11-17-22-21/h5-6,21H,2-4,7-18H2,1H3/b20-19+. The highest BCUT2D eigenvalue weighted by atomic mass is 16.7. The number of rotatable bonds is 13. The summed E-state index contributed by atoms with van der Waals surface area (Å²) in [4.78, 5) is 0. The van der Waals surface area contributed by atoms with Crippen LogP contribution < -0.4 is 0 Å². The van der Waals surface area contributed by atoms with Gasteiger partial charge in [0.2, 0.25) is 0 Å². The van der Waals surface area contributed by atoms with Gasteiger partial charge in [-0.3, -0.25) is 0 Å². The molecule has 1 rings (SSSR count). The lowest BCUT2D eigenvalue weighted by Crippen LogP contribution is -2.22. The molecular formula is C21H36O2. The van der Waals surface area contributed by atoms with Crippen molar-refractivity contribution in [2.24, 2.45) is 0 Å². The number of allylic oxidation sites excluding steroid dienone is 3. The average molecular weight is 321 g/mol. The lowest BCUT2D eigenvalue weighted by molar-refractivity contribution is -0.161. The minimum absolute atomic E-state index is 0.0149. The van der Waals surface area contributed by atoms with Crippen molar-refractivity contribution in [3.05, 3.63) is 36.5 Å². The van der Waals surface area contributed by atoms with Crippen LogP contribution in [0.2, 0.25) is 0 Å². The molecule has 132 valence electrons. The summed E-state index contributed by atoms with van der Waals surface area (Å²) in [5, 5.41) is 0. The summed E-state index contributed by atoms with van der Waals surface area (Å²) in [5.41, 5.74) is 3.04. The van der Waals surface area contributed by atoms with Crippen LogP contribution in [0.4, 0.5) is 0 Å². The Bertz CT molecular complexity index is 351. The number of unbranched alkanes of at least 4 members (excludes halogenated alkanes) is 3. The van der Waals surface area contributed by atoms with Crippen molar-refractivity contribution >= 4 is 0 Å². The molecule has 1 fully saturated rings. The maximum Gasteiger partial charge on any atom is 0.157 e. The van der Waals surface area contributed by atoms with Gasteiger partial charge in [0.1, 0.15) is 0 Å². The van der Waals surface area contributed by atoms with Crippen LogP contribution in [0.3, 0.4) is 0 Å². The summed E-state index contributed by atoms with van der Waals surface area (Å²) in [6.45, 7) is 11.7. The van der Waals surface area contributed by atoms with Gasteiger partial charge in [-0.25, -0.2) is 0 Å². The van der Waals surface area contributed by atoms with Gasteiger partial charge >= 0.3 is 0 Å². The van der Waals surface area contributed by atoms with Crippen molar-refractivity contribution in [3.63, 3.8) is 0 Å². The van der Waals surface area contributed by atoms with E-state index >= 15 is 0 Å². The fraction of sp³-hybridized carbons (Fsp3) is 0.714. The first-order valence-corrected chi connectivity index (χ1v) is 9.46. The van der Waals surface area contributed by atoms with Gasteiger partial charge in [-0.2, -0.15) is 0 Å². The van der Waals surface area contributed by atoms with E-state index in [1.807, 2.05) is 12.2 Å².